The molecule has 1 atom stereocenters. The number of carbonyl (C=O) groups excluding carboxylic acids is 1. The molecule has 0 aromatic heterocycles. The Kier molecular flexibility index (Phi) is 3.05. The monoisotopic (exact) mass is 269 g/mol. The maximum Gasteiger partial charge on any atom is 0.198 e. The van der Waals surface area contributed by atoms with Gasteiger partial charge < -0.3 is 4.90 Å². The zero-order valence-electron chi connectivity index (χ0n) is 11.6. The molecule has 0 aliphatic carbocycles. The molecule has 0 amide bonds. The summed E-state index contributed by atoms with van der Waals surface area (Å²) in [5.74, 6) is -0.718. The number of hydrogen-bond acceptors (Lipinski definition) is 2. The van der Waals surface area contributed by atoms with Crippen LogP contribution in [0.4, 0.5) is 10.1 Å². The molecule has 2 nitrogen and oxygen atoms in total. The standard InChI is InChI=1S/C17H16FNO/c1-11-10-12-6-5-8-14(16(12)19(11)2)17(20)13-7-3-4-9-15(13)18/h3-9,11H,10H2,1-2H3/t11-/m1/s1. The molecule has 0 radical (unpaired) electrons. The first-order valence-corrected chi connectivity index (χ1v) is 6.73. The molecule has 20 heavy (non-hydrogen) atoms. The molecule has 3 rings (SSSR count). The van der Waals surface area contributed by atoms with Crippen molar-refractivity contribution in [1.29, 1.82) is 0 Å². The predicted molar refractivity (Wildman–Crippen MR) is 77.8 cm³/mol. The molecule has 0 fully saturated rings. The molecule has 0 saturated carbocycles. The van der Waals surface area contributed by atoms with Crippen molar-refractivity contribution in [3.63, 3.8) is 0 Å². The van der Waals surface area contributed by atoms with Gasteiger partial charge in [-0.05, 0) is 37.1 Å². The van der Waals surface area contributed by atoms with Crippen LogP contribution in [0, 0.1) is 5.82 Å². The number of nitrogens with zero attached hydrogens (tertiary/aromatic N) is 1. The minimum absolute atomic E-state index is 0.133. The van der Waals surface area contributed by atoms with Gasteiger partial charge in [0.25, 0.3) is 0 Å². The number of halogens is 1. The van der Waals surface area contributed by atoms with E-state index in [1.807, 2.05) is 19.2 Å². The molecule has 0 unspecified atom stereocenters. The third kappa shape index (κ3) is 1.90. The molecular weight excluding hydrogens is 253 g/mol. The van der Waals surface area contributed by atoms with E-state index in [1.54, 1.807) is 18.2 Å². The van der Waals surface area contributed by atoms with E-state index in [9.17, 15) is 9.18 Å². The fraction of sp³-hybridized carbons (Fsp3) is 0.235. The van der Waals surface area contributed by atoms with Crippen LogP contribution in [0.5, 0.6) is 0 Å². The van der Waals surface area contributed by atoms with Gasteiger partial charge in [0, 0.05) is 18.7 Å². The molecule has 1 aliphatic rings. The number of hydrogen-bond donors (Lipinski definition) is 0. The summed E-state index contributed by atoms with van der Waals surface area (Å²) in [6.45, 7) is 2.12. The minimum atomic E-state index is -0.469. The Morgan fingerprint density at radius 3 is 2.60 bits per heavy atom. The van der Waals surface area contributed by atoms with Gasteiger partial charge in [0.15, 0.2) is 5.78 Å². The molecule has 0 bridgehead atoms. The highest BCUT2D eigenvalue weighted by molar-refractivity contribution is 6.13. The lowest BCUT2D eigenvalue weighted by Crippen LogP contribution is -2.25. The Hall–Kier alpha value is -2.16. The SMILES string of the molecule is C[C@@H]1Cc2cccc(C(=O)c3ccccc3F)c2N1C. The van der Waals surface area contributed by atoms with E-state index in [0.717, 1.165) is 17.7 Å². The molecule has 3 heteroatoms. The van der Waals surface area contributed by atoms with Crippen LogP contribution in [0.1, 0.15) is 28.4 Å². The van der Waals surface area contributed by atoms with Crippen molar-refractivity contribution in [3.8, 4) is 0 Å². The van der Waals surface area contributed by atoms with Gasteiger partial charge >= 0.3 is 0 Å². The van der Waals surface area contributed by atoms with Crippen LogP contribution in [0.2, 0.25) is 0 Å². The summed E-state index contributed by atoms with van der Waals surface area (Å²) in [5.41, 5.74) is 2.81. The summed E-state index contributed by atoms with van der Waals surface area (Å²) in [4.78, 5) is 14.7. The number of para-hydroxylation sites is 1. The first kappa shape index (κ1) is 12.9. The number of ketones is 1. The summed E-state index contributed by atoms with van der Waals surface area (Å²) in [6.07, 6.45) is 0.921. The van der Waals surface area contributed by atoms with Crippen LogP contribution in [0.3, 0.4) is 0 Å². The number of carbonyl (C=O) groups is 1. The second kappa shape index (κ2) is 4.75. The van der Waals surface area contributed by atoms with E-state index in [2.05, 4.69) is 11.8 Å². The van der Waals surface area contributed by atoms with E-state index >= 15 is 0 Å². The second-order valence-corrected chi connectivity index (χ2v) is 5.29. The van der Waals surface area contributed by atoms with Crippen LogP contribution in [0.25, 0.3) is 0 Å². The molecule has 0 saturated heterocycles. The van der Waals surface area contributed by atoms with Crippen molar-refractivity contribution in [3.05, 3.63) is 65.0 Å². The topological polar surface area (TPSA) is 20.3 Å². The van der Waals surface area contributed by atoms with E-state index < -0.39 is 5.82 Å². The maximum atomic E-state index is 13.8. The van der Waals surface area contributed by atoms with Crippen LogP contribution in [-0.2, 0) is 6.42 Å². The lowest BCUT2D eigenvalue weighted by atomic mass is 9.98. The number of rotatable bonds is 2. The Balaban J connectivity index is 2.11. The molecule has 0 N–H and O–H groups in total. The van der Waals surface area contributed by atoms with Gasteiger partial charge in [0.05, 0.1) is 11.3 Å². The first-order chi connectivity index (χ1) is 9.59. The first-order valence-electron chi connectivity index (χ1n) is 6.73. The lowest BCUT2D eigenvalue weighted by Gasteiger charge is -2.20. The van der Waals surface area contributed by atoms with Crippen LogP contribution >= 0.6 is 0 Å². The van der Waals surface area contributed by atoms with Crippen LogP contribution in [0.15, 0.2) is 42.5 Å². The van der Waals surface area contributed by atoms with Gasteiger partial charge in [-0.15, -0.1) is 0 Å². The third-order valence-corrected chi connectivity index (χ3v) is 4.01. The van der Waals surface area contributed by atoms with Crippen LogP contribution in [-0.4, -0.2) is 18.9 Å². The van der Waals surface area contributed by atoms with Gasteiger partial charge in [-0.3, -0.25) is 4.79 Å². The van der Waals surface area contributed by atoms with Crippen LogP contribution < -0.4 is 4.90 Å². The summed E-state index contributed by atoms with van der Waals surface area (Å²) in [7, 11) is 1.98. The van der Waals surface area contributed by atoms with E-state index in [0.29, 0.717) is 11.6 Å². The van der Waals surface area contributed by atoms with Crippen molar-refractivity contribution in [2.75, 3.05) is 11.9 Å². The fourth-order valence-electron chi connectivity index (χ4n) is 2.82. The molecule has 2 aromatic rings. The Bertz CT molecular complexity index is 680. The van der Waals surface area contributed by atoms with Gasteiger partial charge in [-0.2, -0.15) is 0 Å². The molecule has 0 spiro atoms. The lowest BCUT2D eigenvalue weighted by molar-refractivity contribution is 0.103. The highest BCUT2D eigenvalue weighted by Gasteiger charge is 2.28. The van der Waals surface area contributed by atoms with Crippen molar-refractivity contribution in [2.24, 2.45) is 0 Å². The number of anilines is 1. The highest BCUT2D eigenvalue weighted by Crippen LogP contribution is 2.35. The summed E-state index contributed by atoms with van der Waals surface area (Å²) in [6, 6.07) is 12.2. The normalized spacial score (nSPS) is 17.1. The van der Waals surface area contributed by atoms with E-state index in [1.165, 1.54) is 12.1 Å². The molecule has 102 valence electrons. The Morgan fingerprint density at radius 1 is 1.15 bits per heavy atom. The molecule has 1 aliphatic heterocycles. The maximum absolute atomic E-state index is 13.8. The molecule has 2 aromatic carbocycles. The number of fused-ring (bicyclic) bond motifs is 1. The number of likely N-dealkylation sites (N-methyl/N-ethyl adjacent to an activating group) is 1. The summed E-state index contributed by atoms with van der Waals surface area (Å²) in [5, 5.41) is 0. The van der Waals surface area contributed by atoms with Gasteiger partial charge in [-0.25, -0.2) is 4.39 Å². The van der Waals surface area contributed by atoms with E-state index in [4.69, 9.17) is 0 Å². The van der Waals surface area contributed by atoms with Crippen molar-refractivity contribution < 1.29 is 9.18 Å². The van der Waals surface area contributed by atoms with E-state index in [-0.39, 0.29) is 11.3 Å². The van der Waals surface area contributed by atoms with Gasteiger partial charge in [0.2, 0.25) is 0 Å². The Labute approximate surface area is 117 Å². The fourth-order valence-corrected chi connectivity index (χ4v) is 2.82. The largest absolute Gasteiger partial charge is 0.371 e. The predicted octanol–water partition coefficient (Wildman–Crippen LogP) is 3.44. The Morgan fingerprint density at radius 2 is 1.85 bits per heavy atom. The van der Waals surface area contributed by atoms with Gasteiger partial charge in [0.1, 0.15) is 5.82 Å². The molecular formula is C17H16FNO. The average molecular weight is 269 g/mol. The van der Waals surface area contributed by atoms with Crippen molar-refractivity contribution in [2.45, 2.75) is 19.4 Å². The summed E-state index contributed by atoms with van der Waals surface area (Å²) < 4.78 is 13.8. The average Bonchev–Trinajstić information content (AvgIpc) is 2.74. The zero-order chi connectivity index (χ0) is 14.3. The smallest absolute Gasteiger partial charge is 0.198 e. The third-order valence-electron chi connectivity index (χ3n) is 4.01. The molecule has 1 heterocycles. The minimum Gasteiger partial charge on any atom is -0.371 e. The second-order valence-electron chi connectivity index (χ2n) is 5.29. The van der Waals surface area contributed by atoms with Crippen molar-refractivity contribution >= 4 is 11.5 Å². The highest BCUT2D eigenvalue weighted by atomic mass is 19.1. The zero-order valence-corrected chi connectivity index (χ0v) is 11.6. The quantitative estimate of drug-likeness (QED) is 0.778. The van der Waals surface area contributed by atoms with Gasteiger partial charge in [-0.1, -0.05) is 24.3 Å². The summed E-state index contributed by atoms with van der Waals surface area (Å²) >= 11 is 0. The van der Waals surface area contributed by atoms with Crippen molar-refractivity contribution in [1.82, 2.24) is 0 Å². The number of benzene rings is 2.